The number of hydrogen-bond donors (Lipinski definition) is 1. The summed E-state index contributed by atoms with van der Waals surface area (Å²) in [7, 11) is -3.41. The number of ether oxygens (including phenoxy) is 1. The molecule has 0 aromatic heterocycles. The van der Waals surface area contributed by atoms with Gasteiger partial charge in [0.05, 0.1) is 11.4 Å². The van der Waals surface area contributed by atoms with Gasteiger partial charge >= 0.3 is 5.97 Å². The molecule has 1 saturated heterocycles. The van der Waals surface area contributed by atoms with Crippen molar-refractivity contribution in [3.05, 3.63) is 94.2 Å². The van der Waals surface area contributed by atoms with Gasteiger partial charge in [0.2, 0.25) is 5.91 Å². The van der Waals surface area contributed by atoms with Crippen molar-refractivity contribution in [1.82, 2.24) is 4.90 Å². The molecule has 7 nitrogen and oxygen atoms in total. The summed E-state index contributed by atoms with van der Waals surface area (Å²) in [6, 6.07) is 19.8. The highest BCUT2D eigenvalue weighted by Crippen LogP contribution is 2.44. The number of amides is 1. The number of benzene rings is 3. The first-order valence-electron chi connectivity index (χ1n) is 13.6. The first-order chi connectivity index (χ1) is 19.5. The van der Waals surface area contributed by atoms with Gasteiger partial charge in [-0.2, -0.15) is 0 Å². The molecule has 1 atom stereocenters. The summed E-state index contributed by atoms with van der Waals surface area (Å²) in [5.41, 5.74) is 2.24. The van der Waals surface area contributed by atoms with Crippen LogP contribution in [0.5, 0.6) is 0 Å². The molecule has 1 amide bonds. The number of halogens is 1. The first-order valence-corrected chi connectivity index (χ1v) is 15.9. The summed E-state index contributed by atoms with van der Waals surface area (Å²) >= 11 is 6.65. The van der Waals surface area contributed by atoms with Crippen LogP contribution in [0.25, 0.3) is 16.7 Å². The van der Waals surface area contributed by atoms with E-state index in [2.05, 4.69) is 0 Å². The standard InChI is InChI=1S/C32H32ClNO6S/c1-21-17-26(23-12-7-13-24(18-23)41(2,38)39)27(33)19-25(21)29-30(36)32(40-31(29)37)15-8-16-34(20-32)28(35)14-6-11-22-9-4-3-5-10-22/h3-5,7,9-10,12-13,17-19,36H,6,8,11,14-16,20H2,1-2H3. The number of nitrogens with zero attached hydrogens (tertiary/aromatic N) is 1. The summed E-state index contributed by atoms with van der Waals surface area (Å²) in [5.74, 6) is -0.876. The van der Waals surface area contributed by atoms with Gasteiger partial charge in [0.1, 0.15) is 5.57 Å². The third kappa shape index (κ3) is 5.90. The number of likely N-dealkylation sites (tertiary alicyclic amines) is 1. The van der Waals surface area contributed by atoms with Crippen molar-refractivity contribution >= 4 is 38.9 Å². The molecule has 41 heavy (non-hydrogen) atoms. The molecule has 0 aliphatic carbocycles. The molecule has 2 aliphatic heterocycles. The second-order valence-electron chi connectivity index (χ2n) is 10.8. The third-order valence-corrected chi connectivity index (χ3v) is 9.25. The lowest BCUT2D eigenvalue weighted by atomic mass is 9.87. The minimum absolute atomic E-state index is 0.0304. The molecule has 0 bridgehead atoms. The van der Waals surface area contributed by atoms with E-state index in [0.29, 0.717) is 59.5 Å². The van der Waals surface area contributed by atoms with E-state index in [4.69, 9.17) is 16.3 Å². The third-order valence-electron chi connectivity index (χ3n) is 7.82. The fourth-order valence-electron chi connectivity index (χ4n) is 5.66. The smallest absolute Gasteiger partial charge is 0.343 e. The minimum atomic E-state index is -3.41. The van der Waals surface area contributed by atoms with E-state index in [1.807, 2.05) is 30.3 Å². The van der Waals surface area contributed by atoms with E-state index in [9.17, 15) is 23.1 Å². The van der Waals surface area contributed by atoms with Crippen LogP contribution < -0.4 is 0 Å². The Kier molecular flexibility index (Phi) is 7.99. The van der Waals surface area contributed by atoms with Gasteiger partial charge in [-0.1, -0.05) is 54.1 Å². The molecule has 2 heterocycles. The van der Waals surface area contributed by atoms with Gasteiger partial charge in [0, 0.05) is 29.8 Å². The maximum absolute atomic E-state index is 13.2. The molecular weight excluding hydrogens is 562 g/mol. The molecule has 9 heteroatoms. The van der Waals surface area contributed by atoms with Crippen LogP contribution in [0.1, 0.15) is 42.4 Å². The number of aliphatic hydroxyl groups excluding tert-OH is 1. The zero-order chi connectivity index (χ0) is 29.4. The molecule has 1 unspecified atom stereocenters. The normalized spacial score (nSPS) is 19.1. The average Bonchev–Trinajstić information content (AvgIpc) is 3.17. The molecule has 214 valence electrons. The fourth-order valence-corrected chi connectivity index (χ4v) is 6.60. The van der Waals surface area contributed by atoms with E-state index >= 15 is 0 Å². The van der Waals surface area contributed by atoms with Crippen molar-refractivity contribution in [1.29, 1.82) is 0 Å². The first kappa shape index (κ1) is 28.9. The molecule has 1 fully saturated rings. The van der Waals surface area contributed by atoms with Crippen LogP contribution >= 0.6 is 11.6 Å². The number of aliphatic hydroxyl groups is 1. The number of piperidine rings is 1. The van der Waals surface area contributed by atoms with Gasteiger partial charge in [-0.15, -0.1) is 0 Å². The Morgan fingerprint density at radius 2 is 1.83 bits per heavy atom. The van der Waals surface area contributed by atoms with Crippen LogP contribution in [-0.4, -0.2) is 55.2 Å². The lowest BCUT2D eigenvalue weighted by Crippen LogP contribution is -2.51. The van der Waals surface area contributed by atoms with Gasteiger partial charge in [0.25, 0.3) is 0 Å². The Hall–Kier alpha value is -3.62. The van der Waals surface area contributed by atoms with Crippen molar-refractivity contribution in [2.45, 2.75) is 49.5 Å². The van der Waals surface area contributed by atoms with E-state index in [0.717, 1.165) is 12.7 Å². The highest BCUT2D eigenvalue weighted by Gasteiger charge is 2.51. The Labute approximate surface area is 245 Å². The van der Waals surface area contributed by atoms with Crippen LogP contribution in [0.4, 0.5) is 0 Å². The van der Waals surface area contributed by atoms with Crippen LogP contribution in [0.2, 0.25) is 5.02 Å². The molecule has 5 rings (SSSR count). The van der Waals surface area contributed by atoms with Crippen LogP contribution in [0, 0.1) is 6.92 Å². The van der Waals surface area contributed by atoms with Crippen LogP contribution in [0.3, 0.4) is 0 Å². The van der Waals surface area contributed by atoms with Crippen molar-refractivity contribution in [3.8, 4) is 11.1 Å². The Balaban J connectivity index is 1.38. The van der Waals surface area contributed by atoms with E-state index in [1.54, 1.807) is 42.2 Å². The Morgan fingerprint density at radius 1 is 1.07 bits per heavy atom. The van der Waals surface area contributed by atoms with Crippen molar-refractivity contribution in [2.24, 2.45) is 0 Å². The maximum atomic E-state index is 13.2. The summed E-state index contributed by atoms with van der Waals surface area (Å²) in [6.07, 6.45) is 4.01. The zero-order valence-corrected chi connectivity index (χ0v) is 24.6. The largest absolute Gasteiger partial charge is 0.507 e. The average molecular weight is 594 g/mol. The molecule has 3 aromatic rings. The number of rotatable bonds is 7. The second-order valence-corrected chi connectivity index (χ2v) is 13.2. The van der Waals surface area contributed by atoms with Gasteiger partial charge in [-0.05, 0) is 79.1 Å². The molecule has 1 spiro atoms. The van der Waals surface area contributed by atoms with E-state index in [1.165, 1.54) is 11.6 Å². The predicted molar refractivity (Wildman–Crippen MR) is 158 cm³/mol. The van der Waals surface area contributed by atoms with Crippen LogP contribution in [0.15, 0.2) is 77.4 Å². The topological polar surface area (TPSA) is 101 Å². The summed E-state index contributed by atoms with van der Waals surface area (Å²) < 4.78 is 29.9. The minimum Gasteiger partial charge on any atom is -0.507 e. The van der Waals surface area contributed by atoms with Crippen molar-refractivity contribution in [3.63, 3.8) is 0 Å². The Morgan fingerprint density at radius 3 is 2.56 bits per heavy atom. The molecule has 0 saturated carbocycles. The summed E-state index contributed by atoms with van der Waals surface area (Å²) in [4.78, 5) is 28.1. The number of carbonyl (C=O) groups is 2. The molecular formula is C32H32ClNO6S. The van der Waals surface area contributed by atoms with Gasteiger partial charge < -0.3 is 14.7 Å². The van der Waals surface area contributed by atoms with Crippen LogP contribution in [-0.2, 0) is 30.6 Å². The quantitative estimate of drug-likeness (QED) is 0.341. The molecule has 3 aromatic carbocycles. The predicted octanol–water partition coefficient (Wildman–Crippen LogP) is 5.93. The SMILES string of the molecule is Cc1cc(-c2cccc(S(C)(=O)=O)c2)c(Cl)cc1C1=C(O)C2(CCCN(C(=O)CCCc3ccccc3)C2)OC1=O. The van der Waals surface area contributed by atoms with E-state index < -0.39 is 21.4 Å². The van der Waals surface area contributed by atoms with Gasteiger partial charge in [-0.3, -0.25) is 4.79 Å². The summed E-state index contributed by atoms with van der Waals surface area (Å²) in [6.45, 7) is 2.43. The lowest BCUT2D eigenvalue weighted by molar-refractivity contribution is -0.156. The number of sulfone groups is 1. The number of hydrogen-bond acceptors (Lipinski definition) is 6. The number of carbonyl (C=O) groups excluding carboxylic acids is 2. The van der Waals surface area contributed by atoms with E-state index in [-0.39, 0.29) is 28.7 Å². The fraction of sp³-hybridized carbons (Fsp3) is 0.312. The van der Waals surface area contributed by atoms with Gasteiger partial charge in [-0.25, -0.2) is 13.2 Å². The Bertz CT molecular complexity index is 1650. The number of esters is 1. The van der Waals surface area contributed by atoms with Crippen molar-refractivity contribution in [2.75, 3.05) is 19.3 Å². The summed E-state index contributed by atoms with van der Waals surface area (Å²) in [5, 5.41) is 11.7. The monoisotopic (exact) mass is 593 g/mol. The second kappa shape index (κ2) is 11.3. The molecule has 1 N–H and O–H groups in total. The lowest BCUT2D eigenvalue weighted by Gasteiger charge is -2.39. The highest BCUT2D eigenvalue weighted by atomic mass is 35.5. The highest BCUT2D eigenvalue weighted by molar-refractivity contribution is 7.90. The number of aryl methyl sites for hydroxylation is 2. The van der Waals surface area contributed by atoms with Gasteiger partial charge in [0.15, 0.2) is 21.2 Å². The molecule has 0 radical (unpaired) electrons. The maximum Gasteiger partial charge on any atom is 0.343 e. The molecule has 2 aliphatic rings. The zero-order valence-electron chi connectivity index (χ0n) is 23.0. The van der Waals surface area contributed by atoms with Crippen molar-refractivity contribution < 1.29 is 27.9 Å².